The summed E-state index contributed by atoms with van der Waals surface area (Å²) in [4.78, 5) is 14.6. The molecule has 1 aliphatic carbocycles. The molecule has 4 rings (SSSR count). The number of nitrogens with one attached hydrogen (secondary N) is 1. The molecule has 1 amide bonds. The van der Waals surface area contributed by atoms with Crippen LogP contribution in [0.4, 0.5) is 0 Å². The quantitative estimate of drug-likeness (QED) is 0.860. The summed E-state index contributed by atoms with van der Waals surface area (Å²) in [5, 5.41) is 17.2. The van der Waals surface area contributed by atoms with Gasteiger partial charge in [0.2, 0.25) is 0 Å². The van der Waals surface area contributed by atoms with Crippen molar-refractivity contribution >= 4 is 5.91 Å². The lowest BCUT2D eigenvalue weighted by molar-refractivity contribution is -0.123. The number of aromatic nitrogens is 2. The number of nitrogens with zero attached hydrogens (tertiary/aromatic N) is 2. The molecule has 2 aliphatic rings. The summed E-state index contributed by atoms with van der Waals surface area (Å²) in [7, 11) is 0. The molecule has 2 heterocycles. The Hall–Kier alpha value is -2.18. The minimum atomic E-state index is -0.765. The molecular weight excluding hydrogens is 330 g/mol. The molecule has 1 aliphatic heterocycles. The van der Waals surface area contributed by atoms with Crippen LogP contribution >= 0.6 is 0 Å². The highest BCUT2D eigenvalue weighted by atomic mass is 16.5. The van der Waals surface area contributed by atoms with Gasteiger partial charge in [0.1, 0.15) is 11.3 Å². The Morgan fingerprint density at radius 1 is 1.38 bits per heavy atom. The zero-order valence-corrected chi connectivity index (χ0v) is 15.1. The van der Waals surface area contributed by atoms with Crippen molar-refractivity contribution in [2.75, 3.05) is 26.3 Å². The van der Waals surface area contributed by atoms with Crippen molar-refractivity contribution in [2.24, 2.45) is 0 Å². The molecule has 0 radical (unpaired) electrons. The minimum absolute atomic E-state index is 0.0989. The Morgan fingerprint density at radius 2 is 2.15 bits per heavy atom. The van der Waals surface area contributed by atoms with E-state index in [2.05, 4.69) is 22.3 Å². The highest BCUT2D eigenvalue weighted by molar-refractivity contribution is 5.92. The molecule has 0 spiro atoms. The summed E-state index contributed by atoms with van der Waals surface area (Å²) in [5.74, 6) is 0.435. The van der Waals surface area contributed by atoms with Crippen molar-refractivity contribution < 1.29 is 14.6 Å². The van der Waals surface area contributed by atoms with Crippen molar-refractivity contribution in [3.8, 4) is 0 Å². The molecule has 1 aromatic heterocycles. The molecule has 2 aromatic rings. The summed E-state index contributed by atoms with van der Waals surface area (Å²) >= 11 is 0. The van der Waals surface area contributed by atoms with Crippen LogP contribution in [0, 0.1) is 6.92 Å². The molecule has 6 nitrogen and oxygen atoms in total. The van der Waals surface area contributed by atoms with E-state index in [1.165, 1.54) is 5.56 Å². The number of aryl methyl sites for hydroxylation is 1. The number of ether oxygens (including phenoxy) is 1. The topological polar surface area (TPSA) is 78.5 Å². The van der Waals surface area contributed by atoms with Crippen LogP contribution < -0.4 is 0 Å². The molecule has 1 saturated heterocycles. The molecule has 0 unspecified atom stereocenters. The van der Waals surface area contributed by atoms with Gasteiger partial charge in [0, 0.05) is 24.6 Å². The van der Waals surface area contributed by atoms with Gasteiger partial charge in [-0.25, -0.2) is 0 Å². The first kappa shape index (κ1) is 17.2. The van der Waals surface area contributed by atoms with Gasteiger partial charge in [0.25, 0.3) is 5.91 Å². The largest absolute Gasteiger partial charge is 0.393 e. The Balaban J connectivity index is 1.48. The average molecular weight is 355 g/mol. The summed E-state index contributed by atoms with van der Waals surface area (Å²) in [6, 6.07) is 10.1. The number of rotatable bonds is 5. The van der Waals surface area contributed by atoms with Gasteiger partial charge in [-0.15, -0.1) is 0 Å². The van der Waals surface area contributed by atoms with Crippen LogP contribution in [0.2, 0.25) is 0 Å². The maximum atomic E-state index is 12.9. The van der Waals surface area contributed by atoms with E-state index < -0.39 is 5.60 Å². The van der Waals surface area contributed by atoms with Gasteiger partial charge in [-0.1, -0.05) is 29.8 Å². The Morgan fingerprint density at radius 3 is 2.85 bits per heavy atom. The first-order chi connectivity index (χ1) is 12.6. The number of benzene rings is 1. The van der Waals surface area contributed by atoms with Crippen LogP contribution in [0.15, 0.2) is 30.3 Å². The van der Waals surface area contributed by atoms with E-state index in [1.54, 1.807) is 4.90 Å². The van der Waals surface area contributed by atoms with E-state index in [9.17, 15) is 9.90 Å². The highest BCUT2D eigenvalue weighted by Crippen LogP contribution is 2.39. The lowest BCUT2D eigenvalue weighted by Crippen LogP contribution is -2.56. The van der Waals surface area contributed by atoms with Crippen LogP contribution in [0.3, 0.4) is 0 Å². The molecule has 6 heteroatoms. The number of H-pyrrole nitrogens is 1. The van der Waals surface area contributed by atoms with Crippen LogP contribution in [0.25, 0.3) is 0 Å². The third-order valence-electron chi connectivity index (χ3n) is 5.30. The number of morpholine rings is 1. The molecule has 0 bridgehead atoms. The van der Waals surface area contributed by atoms with Gasteiger partial charge in [-0.3, -0.25) is 9.89 Å². The second kappa shape index (κ2) is 6.85. The number of hydrogen-bond donors (Lipinski definition) is 2. The lowest BCUT2D eigenvalue weighted by atomic mass is 9.92. The monoisotopic (exact) mass is 355 g/mol. The molecule has 1 atom stereocenters. The molecule has 2 N–H and O–H groups in total. The maximum absolute atomic E-state index is 12.9. The predicted octanol–water partition coefficient (Wildman–Crippen LogP) is 2.04. The van der Waals surface area contributed by atoms with Gasteiger partial charge in [0.15, 0.2) is 0 Å². The van der Waals surface area contributed by atoms with Gasteiger partial charge in [-0.05, 0) is 31.4 Å². The van der Waals surface area contributed by atoms with Gasteiger partial charge in [0.05, 0.1) is 19.8 Å². The van der Waals surface area contributed by atoms with Crippen molar-refractivity contribution in [3.05, 3.63) is 52.8 Å². The second-order valence-electron chi connectivity index (χ2n) is 7.56. The van der Waals surface area contributed by atoms with Crippen LogP contribution in [-0.4, -0.2) is 58.0 Å². The molecule has 1 saturated carbocycles. The number of aliphatic hydroxyl groups is 1. The number of aromatic amines is 1. The lowest BCUT2D eigenvalue weighted by Gasteiger charge is -2.41. The fourth-order valence-corrected chi connectivity index (χ4v) is 3.57. The summed E-state index contributed by atoms with van der Waals surface area (Å²) in [5.41, 5.74) is 3.03. The van der Waals surface area contributed by atoms with Crippen molar-refractivity contribution in [2.45, 2.75) is 37.7 Å². The van der Waals surface area contributed by atoms with Crippen LogP contribution in [0.1, 0.15) is 46.1 Å². The Kier molecular flexibility index (Phi) is 4.54. The molecule has 2 fully saturated rings. The Bertz CT molecular complexity index is 782. The molecule has 1 aromatic carbocycles. The summed E-state index contributed by atoms with van der Waals surface area (Å²) in [6.07, 6.45) is 2.90. The fourth-order valence-electron chi connectivity index (χ4n) is 3.57. The zero-order chi connectivity index (χ0) is 18.1. The number of aliphatic hydroxyl groups excluding tert-OH is 1. The second-order valence-corrected chi connectivity index (χ2v) is 7.56. The summed E-state index contributed by atoms with van der Waals surface area (Å²) in [6.45, 7) is 3.21. The highest BCUT2D eigenvalue weighted by Gasteiger charge is 2.39. The van der Waals surface area contributed by atoms with Crippen molar-refractivity contribution in [1.82, 2.24) is 15.1 Å². The molecule has 138 valence electrons. The normalized spacial score (nSPS) is 23.2. The number of hydrogen-bond acceptors (Lipinski definition) is 4. The van der Waals surface area contributed by atoms with E-state index in [1.807, 2.05) is 25.1 Å². The number of carbonyl (C=O) groups excluding carboxylic acids is 1. The first-order valence-corrected chi connectivity index (χ1v) is 9.23. The third kappa shape index (κ3) is 3.52. The van der Waals surface area contributed by atoms with E-state index in [0.29, 0.717) is 37.7 Å². The summed E-state index contributed by atoms with van der Waals surface area (Å²) < 4.78 is 5.95. The minimum Gasteiger partial charge on any atom is -0.393 e. The van der Waals surface area contributed by atoms with E-state index in [-0.39, 0.29) is 12.5 Å². The third-order valence-corrected chi connectivity index (χ3v) is 5.30. The van der Waals surface area contributed by atoms with E-state index in [4.69, 9.17) is 4.74 Å². The van der Waals surface area contributed by atoms with Gasteiger partial charge in [-0.2, -0.15) is 5.10 Å². The molecule has 26 heavy (non-hydrogen) atoms. The van der Waals surface area contributed by atoms with Crippen molar-refractivity contribution in [1.29, 1.82) is 0 Å². The van der Waals surface area contributed by atoms with Gasteiger partial charge >= 0.3 is 0 Å². The zero-order valence-electron chi connectivity index (χ0n) is 15.1. The van der Waals surface area contributed by atoms with Crippen LogP contribution in [-0.2, 0) is 11.2 Å². The first-order valence-electron chi connectivity index (χ1n) is 9.23. The van der Waals surface area contributed by atoms with Gasteiger partial charge < -0.3 is 14.7 Å². The van der Waals surface area contributed by atoms with Crippen molar-refractivity contribution in [3.63, 3.8) is 0 Å². The number of carbonyl (C=O) groups is 1. The molecular formula is C20H25N3O3. The SMILES string of the molecule is Cc1ccc(C[C@@]2(CO)CN(C(=O)c3cc(C4CC4)[nH]n3)CCO2)cc1. The fraction of sp³-hybridized carbons (Fsp3) is 0.500. The van der Waals surface area contributed by atoms with E-state index >= 15 is 0 Å². The smallest absolute Gasteiger partial charge is 0.274 e. The Labute approximate surface area is 153 Å². The van der Waals surface area contributed by atoms with E-state index in [0.717, 1.165) is 24.1 Å². The van der Waals surface area contributed by atoms with Crippen LogP contribution in [0.5, 0.6) is 0 Å². The maximum Gasteiger partial charge on any atom is 0.274 e. The predicted molar refractivity (Wildman–Crippen MR) is 97.1 cm³/mol. The number of amides is 1. The standard InChI is InChI=1S/C20H25N3O3/c1-14-2-4-15(5-3-14)11-20(13-24)12-23(8-9-26-20)19(25)18-10-17(21-22-18)16-6-7-16/h2-5,10,16,24H,6-9,11-13H2,1H3,(H,21,22)/t20-/m0/s1. The average Bonchev–Trinajstić information content (AvgIpc) is 3.40.